The molecule has 4 nitrogen and oxygen atoms in total. The first-order valence-electron chi connectivity index (χ1n) is 7.47. The fourth-order valence-electron chi connectivity index (χ4n) is 2.43. The number of hydrazone groups is 1. The van der Waals surface area contributed by atoms with Gasteiger partial charge in [0.2, 0.25) is 0 Å². The molecule has 0 radical (unpaired) electrons. The van der Waals surface area contributed by atoms with Crippen LogP contribution in [0, 0.1) is 13.8 Å². The van der Waals surface area contributed by atoms with Gasteiger partial charge >= 0.3 is 0 Å². The number of aryl methyl sites for hydroxylation is 2. The van der Waals surface area contributed by atoms with Gasteiger partial charge in [-0.05, 0) is 49.2 Å². The highest BCUT2D eigenvalue weighted by atomic mass is 16.5. The van der Waals surface area contributed by atoms with Crippen molar-refractivity contribution in [3.05, 3.63) is 65.2 Å². The summed E-state index contributed by atoms with van der Waals surface area (Å²) >= 11 is 0. The van der Waals surface area contributed by atoms with Crippen molar-refractivity contribution >= 4 is 22.9 Å². The van der Waals surface area contributed by atoms with Crippen LogP contribution in [0.1, 0.15) is 16.7 Å². The molecule has 0 unspecified atom stereocenters. The molecule has 23 heavy (non-hydrogen) atoms. The first-order chi connectivity index (χ1) is 11.2. The van der Waals surface area contributed by atoms with E-state index in [-0.39, 0.29) is 0 Å². The standard InChI is InChI=1S/C19H19N3O/c1-13-8-9-15-11-14(2)19(21-17(15)10-13)22-20-12-16-6-4-5-7-18(16)23-3/h4-12H,1-3H3,(H,21,22)/b20-12-. The summed E-state index contributed by atoms with van der Waals surface area (Å²) in [5, 5.41) is 5.42. The van der Waals surface area contributed by atoms with Gasteiger partial charge in [-0.3, -0.25) is 5.43 Å². The van der Waals surface area contributed by atoms with Crippen LogP contribution in [-0.4, -0.2) is 18.3 Å². The predicted molar refractivity (Wildman–Crippen MR) is 95.4 cm³/mol. The minimum Gasteiger partial charge on any atom is -0.496 e. The van der Waals surface area contributed by atoms with Crippen LogP contribution in [0.3, 0.4) is 0 Å². The number of benzene rings is 2. The van der Waals surface area contributed by atoms with Crippen LogP contribution in [0.15, 0.2) is 53.6 Å². The number of rotatable bonds is 4. The minimum atomic E-state index is 0.759. The van der Waals surface area contributed by atoms with Crippen LogP contribution in [0.5, 0.6) is 5.75 Å². The van der Waals surface area contributed by atoms with Crippen LogP contribution in [0.2, 0.25) is 0 Å². The zero-order valence-corrected chi connectivity index (χ0v) is 13.5. The van der Waals surface area contributed by atoms with Gasteiger partial charge in [0, 0.05) is 10.9 Å². The lowest BCUT2D eigenvalue weighted by atomic mass is 10.1. The topological polar surface area (TPSA) is 46.5 Å². The maximum atomic E-state index is 5.31. The number of pyridine rings is 1. The largest absolute Gasteiger partial charge is 0.496 e. The Morgan fingerprint density at radius 1 is 1.09 bits per heavy atom. The number of ether oxygens (including phenoxy) is 1. The van der Waals surface area contributed by atoms with Crippen molar-refractivity contribution in [1.82, 2.24) is 4.98 Å². The Bertz CT molecular complexity index is 872. The van der Waals surface area contributed by atoms with Crippen molar-refractivity contribution in [2.75, 3.05) is 12.5 Å². The number of fused-ring (bicyclic) bond motifs is 1. The highest BCUT2D eigenvalue weighted by molar-refractivity contribution is 5.85. The number of anilines is 1. The first kappa shape index (κ1) is 15.0. The molecule has 3 aromatic rings. The second-order valence-electron chi connectivity index (χ2n) is 5.46. The van der Waals surface area contributed by atoms with Crippen molar-refractivity contribution < 1.29 is 4.74 Å². The smallest absolute Gasteiger partial charge is 0.149 e. The normalized spacial score (nSPS) is 11.1. The molecule has 0 amide bonds. The Balaban J connectivity index is 1.86. The van der Waals surface area contributed by atoms with Crippen LogP contribution in [-0.2, 0) is 0 Å². The monoisotopic (exact) mass is 305 g/mol. The molecule has 1 aromatic heterocycles. The molecular formula is C19H19N3O. The molecule has 0 atom stereocenters. The number of nitrogens with zero attached hydrogens (tertiary/aromatic N) is 2. The molecule has 0 aliphatic carbocycles. The van der Waals surface area contributed by atoms with Gasteiger partial charge in [-0.15, -0.1) is 0 Å². The first-order valence-corrected chi connectivity index (χ1v) is 7.47. The summed E-state index contributed by atoms with van der Waals surface area (Å²) in [4.78, 5) is 4.65. The van der Waals surface area contributed by atoms with Crippen molar-refractivity contribution in [1.29, 1.82) is 0 Å². The number of nitrogens with one attached hydrogen (secondary N) is 1. The molecular weight excluding hydrogens is 286 g/mol. The fourth-order valence-corrected chi connectivity index (χ4v) is 2.43. The van der Waals surface area contributed by atoms with E-state index >= 15 is 0 Å². The quantitative estimate of drug-likeness (QED) is 0.577. The maximum Gasteiger partial charge on any atom is 0.149 e. The fraction of sp³-hybridized carbons (Fsp3) is 0.158. The summed E-state index contributed by atoms with van der Waals surface area (Å²) in [6.45, 7) is 4.08. The second kappa shape index (κ2) is 6.48. The molecule has 0 aliphatic heterocycles. The Morgan fingerprint density at radius 3 is 2.74 bits per heavy atom. The lowest BCUT2D eigenvalue weighted by Gasteiger charge is -2.07. The van der Waals surface area contributed by atoms with E-state index < -0.39 is 0 Å². The van der Waals surface area contributed by atoms with Crippen LogP contribution >= 0.6 is 0 Å². The Labute approximate surface area is 135 Å². The summed E-state index contributed by atoms with van der Waals surface area (Å²) in [6.07, 6.45) is 1.74. The van der Waals surface area contributed by atoms with Gasteiger partial charge in [0.05, 0.1) is 18.8 Å². The highest BCUT2D eigenvalue weighted by Gasteiger charge is 2.03. The van der Waals surface area contributed by atoms with Crippen LogP contribution in [0.25, 0.3) is 10.9 Å². The van der Waals surface area contributed by atoms with E-state index in [1.807, 2.05) is 31.2 Å². The lowest BCUT2D eigenvalue weighted by molar-refractivity contribution is 0.414. The highest BCUT2D eigenvalue weighted by Crippen LogP contribution is 2.21. The van der Waals surface area contributed by atoms with E-state index in [1.54, 1.807) is 13.3 Å². The van der Waals surface area contributed by atoms with Crippen LogP contribution in [0.4, 0.5) is 5.82 Å². The molecule has 2 aromatic carbocycles. The zero-order chi connectivity index (χ0) is 16.2. The molecule has 0 bridgehead atoms. The average Bonchev–Trinajstić information content (AvgIpc) is 2.56. The van der Waals surface area contributed by atoms with Crippen molar-refractivity contribution in [2.24, 2.45) is 5.10 Å². The summed E-state index contributed by atoms with van der Waals surface area (Å²) in [5.74, 6) is 1.55. The summed E-state index contributed by atoms with van der Waals surface area (Å²) < 4.78 is 5.31. The number of para-hydroxylation sites is 1. The van der Waals surface area contributed by atoms with E-state index in [1.165, 1.54) is 5.56 Å². The number of aromatic nitrogens is 1. The van der Waals surface area contributed by atoms with E-state index in [0.29, 0.717) is 0 Å². The van der Waals surface area contributed by atoms with Gasteiger partial charge in [0.15, 0.2) is 0 Å². The predicted octanol–water partition coefficient (Wildman–Crippen LogP) is 4.31. The van der Waals surface area contributed by atoms with E-state index in [9.17, 15) is 0 Å². The van der Waals surface area contributed by atoms with Gasteiger partial charge in [-0.25, -0.2) is 4.98 Å². The van der Waals surface area contributed by atoms with Crippen molar-refractivity contribution in [2.45, 2.75) is 13.8 Å². The summed E-state index contributed by atoms with van der Waals surface area (Å²) in [5.41, 5.74) is 7.15. The van der Waals surface area contributed by atoms with Crippen molar-refractivity contribution in [3.63, 3.8) is 0 Å². The lowest BCUT2D eigenvalue weighted by Crippen LogP contribution is -1.98. The Kier molecular flexibility index (Phi) is 4.24. The summed E-state index contributed by atoms with van der Waals surface area (Å²) in [7, 11) is 1.65. The molecule has 0 fully saturated rings. The molecule has 0 aliphatic rings. The Morgan fingerprint density at radius 2 is 1.91 bits per heavy atom. The molecule has 0 spiro atoms. The molecule has 116 valence electrons. The van der Waals surface area contributed by atoms with E-state index in [4.69, 9.17) is 4.74 Å². The molecule has 1 heterocycles. The van der Waals surface area contributed by atoms with Crippen molar-refractivity contribution in [3.8, 4) is 5.75 Å². The minimum absolute atomic E-state index is 0.759. The van der Waals surface area contributed by atoms with Gasteiger partial charge in [-0.2, -0.15) is 5.10 Å². The van der Waals surface area contributed by atoms with E-state index in [0.717, 1.165) is 33.6 Å². The van der Waals surface area contributed by atoms with Gasteiger partial charge in [0.1, 0.15) is 11.6 Å². The van der Waals surface area contributed by atoms with Gasteiger partial charge < -0.3 is 4.74 Å². The SMILES string of the molecule is COc1ccccc1/C=N\Nc1nc2cc(C)ccc2cc1C. The third kappa shape index (κ3) is 3.31. The molecule has 3 rings (SSSR count). The van der Waals surface area contributed by atoms with Gasteiger partial charge in [0.25, 0.3) is 0 Å². The molecule has 0 saturated carbocycles. The third-order valence-corrected chi connectivity index (χ3v) is 3.68. The second-order valence-corrected chi connectivity index (χ2v) is 5.46. The van der Waals surface area contributed by atoms with Gasteiger partial charge in [-0.1, -0.05) is 24.3 Å². The molecule has 0 saturated heterocycles. The van der Waals surface area contributed by atoms with E-state index in [2.05, 4.69) is 46.7 Å². The third-order valence-electron chi connectivity index (χ3n) is 3.68. The average molecular weight is 305 g/mol. The number of methoxy groups -OCH3 is 1. The molecule has 4 heteroatoms. The summed E-state index contributed by atoms with van der Waals surface area (Å²) in [6, 6.07) is 16.1. The number of hydrogen-bond acceptors (Lipinski definition) is 4. The van der Waals surface area contributed by atoms with Crippen LogP contribution < -0.4 is 10.2 Å². The maximum absolute atomic E-state index is 5.31. The molecule has 1 N–H and O–H groups in total. The zero-order valence-electron chi connectivity index (χ0n) is 13.5. The number of hydrogen-bond donors (Lipinski definition) is 1. The Hall–Kier alpha value is -2.88.